The van der Waals surface area contributed by atoms with Crippen LogP contribution in [0.15, 0.2) is 35.7 Å². The molecule has 0 saturated carbocycles. The Labute approximate surface area is 141 Å². The van der Waals surface area contributed by atoms with Gasteiger partial charge in [0.05, 0.1) is 15.6 Å². The second kappa shape index (κ2) is 6.69. The van der Waals surface area contributed by atoms with Crippen molar-refractivity contribution in [3.8, 4) is 5.75 Å². The second-order valence-electron chi connectivity index (χ2n) is 4.79. The Bertz CT molecular complexity index is 809. The van der Waals surface area contributed by atoms with Gasteiger partial charge in [0.15, 0.2) is 0 Å². The largest absolute Gasteiger partial charge is 0.492 e. The van der Waals surface area contributed by atoms with Gasteiger partial charge in [-0.3, -0.25) is 4.79 Å². The van der Waals surface area contributed by atoms with Gasteiger partial charge in [-0.25, -0.2) is 0 Å². The predicted molar refractivity (Wildman–Crippen MR) is 93.7 cm³/mol. The summed E-state index contributed by atoms with van der Waals surface area (Å²) in [5.74, 6) is 0.662. The smallest absolute Gasteiger partial charge is 0.263 e. The molecule has 2 heterocycles. The zero-order valence-corrected chi connectivity index (χ0v) is 14.3. The van der Waals surface area contributed by atoms with Gasteiger partial charge in [0.25, 0.3) is 5.91 Å². The summed E-state index contributed by atoms with van der Waals surface area (Å²) in [4.78, 5) is 12.7. The first-order valence-corrected chi connectivity index (χ1v) is 8.86. The highest BCUT2D eigenvalue weighted by Gasteiger charge is 2.17. The van der Waals surface area contributed by atoms with Gasteiger partial charge in [0.1, 0.15) is 17.2 Å². The Balaban J connectivity index is 1.54. The van der Waals surface area contributed by atoms with E-state index in [2.05, 4.69) is 5.32 Å². The van der Waals surface area contributed by atoms with Crippen LogP contribution >= 0.6 is 34.3 Å². The van der Waals surface area contributed by atoms with E-state index in [1.165, 1.54) is 11.3 Å². The molecule has 22 heavy (non-hydrogen) atoms. The van der Waals surface area contributed by atoms with Crippen LogP contribution in [0.4, 0.5) is 0 Å². The number of ether oxygens (including phenoxy) is 1. The van der Waals surface area contributed by atoms with Crippen LogP contribution in [0.5, 0.6) is 5.75 Å². The maximum absolute atomic E-state index is 12.2. The molecule has 0 fully saturated rings. The lowest BCUT2D eigenvalue weighted by Gasteiger charge is -2.07. The van der Waals surface area contributed by atoms with Crippen LogP contribution in [0.1, 0.15) is 15.2 Å². The number of thiophene rings is 2. The van der Waals surface area contributed by atoms with Crippen LogP contribution in [0.25, 0.3) is 9.40 Å². The summed E-state index contributed by atoms with van der Waals surface area (Å²) >= 11 is 9.27. The molecule has 0 aliphatic carbocycles. The molecule has 3 rings (SSSR count). The molecule has 0 atom stereocenters. The quantitative estimate of drug-likeness (QED) is 0.674. The van der Waals surface area contributed by atoms with E-state index in [0.29, 0.717) is 23.1 Å². The van der Waals surface area contributed by atoms with E-state index in [1.54, 1.807) is 11.3 Å². The molecule has 114 valence electrons. The molecule has 1 aromatic carbocycles. The van der Waals surface area contributed by atoms with Gasteiger partial charge in [-0.2, -0.15) is 0 Å². The van der Waals surface area contributed by atoms with E-state index in [-0.39, 0.29) is 5.91 Å². The summed E-state index contributed by atoms with van der Waals surface area (Å²) in [7, 11) is 0. The molecule has 0 aliphatic heterocycles. The van der Waals surface area contributed by atoms with E-state index in [4.69, 9.17) is 16.3 Å². The number of rotatable bonds is 5. The number of halogens is 1. The fourth-order valence-electron chi connectivity index (χ4n) is 2.06. The van der Waals surface area contributed by atoms with Crippen molar-refractivity contribution in [3.63, 3.8) is 0 Å². The molecule has 0 spiro atoms. The van der Waals surface area contributed by atoms with Gasteiger partial charge in [-0.1, -0.05) is 23.7 Å². The maximum atomic E-state index is 12.2. The van der Waals surface area contributed by atoms with Crippen molar-refractivity contribution in [3.05, 3.63) is 51.2 Å². The zero-order chi connectivity index (χ0) is 15.5. The third kappa shape index (κ3) is 3.27. The number of hydrogen-bond donors (Lipinski definition) is 1. The number of fused-ring (bicyclic) bond motifs is 1. The molecule has 0 radical (unpaired) electrons. The molecule has 1 amide bonds. The SMILES string of the molecule is Cc1cccc(OCCNC(=O)c2sc3sccc3c2Cl)c1. The number of carbonyl (C=O) groups excluding carboxylic acids is 1. The minimum Gasteiger partial charge on any atom is -0.492 e. The van der Waals surface area contributed by atoms with Gasteiger partial charge in [-0.05, 0) is 36.1 Å². The van der Waals surface area contributed by atoms with Crippen LogP contribution < -0.4 is 10.1 Å². The number of nitrogens with one attached hydrogen (secondary N) is 1. The number of carbonyl (C=O) groups is 1. The van der Waals surface area contributed by atoms with Crippen molar-refractivity contribution in [2.45, 2.75) is 6.92 Å². The minimum atomic E-state index is -0.147. The van der Waals surface area contributed by atoms with Crippen molar-refractivity contribution < 1.29 is 9.53 Å². The summed E-state index contributed by atoms with van der Waals surface area (Å²) in [6.07, 6.45) is 0. The van der Waals surface area contributed by atoms with Crippen LogP contribution in [-0.2, 0) is 0 Å². The Morgan fingerprint density at radius 1 is 1.36 bits per heavy atom. The standard InChI is InChI=1S/C16H14ClNO2S2/c1-10-3-2-4-11(9-10)20-7-6-18-15(19)14-13(17)12-5-8-21-16(12)22-14/h2-5,8-9H,6-7H2,1H3,(H,18,19). The number of aryl methyl sites for hydroxylation is 1. The van der Waals surface area contributed by atoms with Crippen LogP contribution in [0, 0.1) is 6.92 Å². The van der Waals surface area contributed by atoms with Crippen LogP contribution in [0.2, 0.25) is 5.02 Å². The van der Waals surface area contributed by atoms with Crippen molar-refractivity contribution >= 4 is 49.6 Å². The molecule has 0 unspecified atom stereocenters. The number of amides is 1. The molecular weight excluding hydrogens is 338 g/mol. The Morgan fingerprint density at radius 3 is 3.00 bits per heavy atom. The topological polar surface area (TPSA) is 38.3 Å². The summed E-state index contributed by atoms with van der Waals surface area (Å²) in [6, 6.07) is 9.77. The summed E-state index contributed by atoms with van der Waals surface area (Å²) in [6.45, 7) is 2.88. The Hall–Kier alpha value is -1.56. The Kier molecular flexibility index (Phi) is 4.66. The van der Waals surface area contributed by atoms with Crippen LogP contribution in [0.3, 0.4) is 0 Å². The lowest BCUT2D eigenvalue weighted by Crippen LogP contribution is -2.27. The highest BCUT2D eigenvalue weighted by Crippen LogP contribution is 2.38. The van der Waals surface area contributed by atoms with E-state index in [9.17, 15) is 4.79 Å². The van der Waals surface area contributed by atoms with E-state index < -0.39 is 0 Å². The highest BCUT2D eigenvalue weighted by atomic mass is 35.5. The lowest BCUT2D eigenvalue weighted by molar-refractivity contribution is 0.0951. The van der Waals surface area contributed by atoms with Gasteiger partial charge in [-0.15, -0.1) is 22.7 Å². The van der Waals surface area contributed by atoms with Gasteiger partial charge in [0, 0.05) is 5.39 Å². The summed E-state index contributed by atoms with van der Waals surface area (Å²) in [5, 5.41) is 6.32. The normalized spacial score (nSPS) is 10.8. The van der Waals surface area contributed by atoms with E-state index in [0.717, 1.165) is 20.7 Å². The Morgan fingerprint density at radius 2 is 2.23 bits per heavy atom. The van der Waals surface area contributed by atoms with E-state index in [1.807, 2.05) is 42.6 Å². The maximum Gasteiger partial charge on any atom is 0.263 e. The number of benzene rings is 1. The third-order valence-electron chi connectivity index (χ3n) is 3.11. The first kappa shape index (κ1) is 15.3. The van der Waals surface area contributed by atoms with Crippen LogP contribution in [-0.4, -0.2) is 19.1 Å². The van der Waals surface area contributed by atoms with Gasteiger partial charge in [0.2, 0.25) is 0 Å². The molecule has 6 heteroatoms. The van der Waals surface area contributed by atoms with Gasteiger partial charge < -0.3 is 10.1 Å². The summed E-state index contributed by atoms with van der Waals surface area (Å²) in [5.41, 5.74) is 1.15. The molecule has 3 aromatic rings. The van der Waals surface area contributed by atoms with Crippen molar-refractivity contribution in [1.82, 2.24) is 5.32 Å². The van der Waals surface area contributed by atoms with Crippen molar-refractivity contribution in [2.75, 3.05) is 13.2 Å². The second-order valence-corrected chi connectivity index (χ2v) is 7.36. The highest BCUT2D eigenvalue weighted by molar-refractivity contribution is 7.38. The predicted octanol–water partition coefficient (Wildman–Crippen LogP) is 4.73. The fourth-order valence-corrected chi connectivity index (χ4v) is 4.60. The zero-order valence-electron chi connectivity index (χ0n) is 11.9. The number of hydrogen-bond acceptors (Lipinski definition) is 4. The van der Waals surface area contributed by atoms with E-state index >= 15 is 0 Å². The molecule has 1 N–H and O–H groups in total. The fraction of sp³-hybridized carbons (Fsp3) is 0.188. The molecule has 0 bridgehead atoms. The third-order valence-corrected chi connectivity index (χ3v) is 5.86. The average molecular weight is 352 g/mol. The van der Waals surface area contributed by atoms with Crippen molar-refractivity contribution in [1.29, 1.82) is 0 Å². The average Bonchev–Trinajstić information content (AvgIpc) is 3.07. The monoisotopic (exact) mass is 351 g/mol. The first-order chi connectivity index (χ1) is 10.6. The molecule has 2 aromatic heterocycles. The minimum absolute atomic E-state index is 0.147. The first-order valence-electron chi connectivity index (χ1n) is 6.78. The molecular formula is C16H14ClNO2S2. The van der Waals surface area contributed by atoms with Crippen molar-refractivity contribution in [2.24, 2.45) is 0 Å². The molecule has 0 saturated heterocycles. The molecule has 0 aliphatic rings. The summed E-state index contributed by atoms with van der Waals surface area (Å²) < 4.78 is 6.68. The van der Waals surface area contributed by atoms with Gasteiger partial charge >= 0.3 is 0 Å². The lowest BCUT2D eigenvalue weighted by atomic mass is 10.2. The molecule has 3 nitrogen and oxygen atoms in total.